The van der Waals surface area contributed by atoms with Gasteiger partial charge in [0.15, 0.2) is 42.2 Å². The van der Waals surface area contributed by atoms with Gasteiger partial charge in [-0.1, -0.05) is 61.5 Å². The summed E-state index contributed by atoms with van der Waals surface area (Å²) in [5.74, 6) is -0.0329. The molecule has 4 aliphatic rings. The number of sulfone groups is 1. The Kier molecular flexibility index (Phi) is 18.6. The third kappa shape index (κ3) is 12.7. The fourth-order valence-corrected chi connectivity index (χ4v) is 13.4. The van der Waals surface area contributed by atoms with Gasteiger partial charge in [-0.3, -0.25) is 38.7 Å². The molecule has 87 heavy (non-hydrogen) atoms. The van der Waals surface area contributed by atoms with E-state index in [9.17, 15) is 32.4 Å². The van der Waals surface area contributed by atoms with Crippen LogP contribution in [0.1, 0.15) is 101 Å². The molecule has 0 aromatic heterocycles. The maximum absolute atomic E-state index is 13.5. The van der Waals surface area contributed by atoms with Crippen LogP contribution in [0.2, 0.25) is 0 Å². The topological polar surface area (TPSA) is 152 Å². The first-order valence-corrected chi connectivity index (χ1v) is 31.3. The monoisotopic (exact) mass is 1240 g/mol. The number of nitrogens with zero attached hydrogens (tertiary/aromatic N) is 9. The van der Waals surface area contributed by atoms with Gasteiger partial charge in [0.1, 0.15) is 28.2 Å². The number of aryl methyl sites for hydroxylation is 3. The Bertz CT molecular complexity index is 4080. The standard InChI is InChI=1S/C24H23N3O2S.C22H21N3O2S.C21H21N3O3S2/c1-4-20(28)15-17-6-8-18(9-7-17)27-23(30)26(22(29)24(27)12-5-13-24)19-10-11-21(25-3)16(2)14-19;1-14-12-18(10-11-19(14)23-5)24-20(27)22(3,4)25(21(24)28)17-8-6-16(7-9-17)13-15(2)26;1-14-12-17(10-11-18(14)22-4)23-19(25)21(2,3)24(20(23)28)16-8-6-15(7-9-16)13-29(5,26)27/h6-11,14H,4-5,12-13,15H2,1-2H3;6-12H,13H2,1-4H3;6-12H,13H2,1-3,5H3. The van der Waals surface area contributed by atoms with Gasteiger partial charge >= 0.3 is 0 Å². The van der Waals surface area contributed by atoms with E-state index in [0.717, 1.165) is 58.5 Å². The van der Waals surface area contributed by atoms with Crippen LogP contribution in [0.3, 0.4) is 0 Å². The first-order chi connectivity index (χ1) is 41.0. The first kappa shape index (κ1) is 64.2. The van der Waals surface area contributed by atoms with Crippen LogP contribution in [0.25, 0.3) is 14.5 Å². The molecule has 4 fully saturated rings. The summed E-state index contributed by atoms with van der Waals surface area (Å²) in [6.45, 7) is 37.9. The number of ketones is 2. The summed E-state index contributed by atoms with van der Waals surface area (Å²) in [6.07, 6.45) is 5.02. The molecule has 1 saturated carbocycles. The van der Waals surface area contributed by atoms with Crippen molar-refractivity contribution in [3.05, 3.63) is 195 Å². The Labute approximate surface area is 525 Å². The number of anilines is 6. The van der Waals surface area contributed by atoms with Crippen LogP contribution in [0, 0.1) is 40.5 Å². The molecule has 3 heterocycles. The number of amides is 3. The predicted octanol–water partition coefficient (Wildman–Crippen LogP) is 13.7. The molecule has 0 N–H and O–H groups in total. The number of Topliss-reactive ketones (excluding diaryl/α,β-unsaturated/α-hetero) is 2. The Morgan fingerprint density at radius 3 is 1.14 bits per heavy atom. The maximum atomic E-state index is 13.5. The molecule has 0 atom stereocenters. The first-order valence-electron chi connectivity index (χ1n) is 28.0. The molecule has 10 rings (SSSR count). The van der Waals surface area contributed by atoms with Gasteiger partial charge in [0.25, 0.3) is 17.7 Å². The van der Waals surface area contributed by atoms with Gasteiger partial charge in [0, 0.05) is 59.6 Å². The Hall–Kier alpha value is -8.84. The normalized spacial score (nSPS) is 16.4. The smallest absolute Gasteiger partial charge is 0.259 e. The molecule has 3 aliphatic heterocycles. The molecular weight excluding hydrogens is 1170 g/mol. The molecule has 16 nitrogen and oxygen atoms in total. The molecule has 0 unspecified atom stereocenters. The highest BCUT2D eigenvalue weighted by Gasteiger charge is 2.60. The van der Waals surface area contributed by atoms with Crippen molar-refractivity contribution in [2.45, 2.75) is 123 Å². The molecule has 444 valence electrons. The Balaban J connectivity index is 0.000000169. The van der Waals surface area contributed by atoms with Crippen molar-refractivity contribution in [3.63, 3.8) is 0 Å². The summed E-state index contributed by atoms with van der Waals surface area (Å²) in [4.78, 5) is 83.6. The molecule has 20 heteroatoms. The zero-order valence-corrected chi connectivity index (χ0v) is 53.4. The maximum Gasteiger partial charge on any atom is 0.259 e. The molecule has 3 saturated heterocycles. The fourth-order valence-electron chi connectivity index (χ4n) is 11.0. The summed E-state index contributed by atoms with van der Waals surface area (Å²) < 4.78 is 23.0. The molecular formula is C67H65N9O7S4. The molecule has 0 radical (unpaired) electrons. The van der Waals surface area contributed by atoms with E-state index in [1.807, 2.05) is 112 Å². The minimum atomic E-state index is -3.13. The zero-order chi connectivity index (χ0) is 63.7. The van der Waals surface area contributed by atoms with Crippen molar-refractivity contribution in [2.24, 2.45) is 0 Å². The van der Waals surface area contributed by atoms with E-state index in [1.54, 1.807) is 97.3 Å². The number of hydrogen-bond acceptors (Lipinski definition) is 10. The average Bonchev–Trinajstić information content (AvgIpc) is 1.59. The minimum Gasteiger partial charge on any atom is -0.304 e. The molecule has 6 aromatic carbocycles. The van der Waals surface area contributed by atoms with Crippen molar-refractivity contribution < 1.29 is 32.4 Å². The lowest BCUT2D eigenvalue weighted by atomic mass is 9.75. The predicted molar refractivity (Wildman–Crippen MR) is 356 cm³/mol. The van der Waals surface area contributed by atoms with E-state index in [4.69, 9.17) is 56.4 Å². The van der Waals surface area contributed by atoms with E-state index >= 15 is 0 Å². The second-order valence-electron chi connectivity index (χ2n) is 23.0. The quantitative estimate of drug-likeness (QED) is 0.0797. The van der Waals surface area contributed by atoms with Crippen LogP contribution in [-0.4, -0.2) is 75.9 Å². The van der Waals surface area contributed by atoms with Gasteiger partial charge in [-0.2, -0.15) is 0 Å². The number of benzene rings is 6. The minimum absolute atomic E-state index is 0.000973. The molecule has 1 aliphatic carbocycles. The van der Waals surface area contributed by atoms with Gasteiger partial charge < -0.3 is 14.7 Å². The van der Waals surface area contributed by atoms with Gasteiger partial charge in [0.2, 0.25) is 0 Å². The van der Waals surface area contributed by atoms with E-state index in [-0.39, 0.29) is 35.0 Å². The van der Waals surface area contributed by atoms with Gasteiger partial charge in [-0.25, -0.2) is 23.0 Å². The fraction of sp³-hybridized carbons (Fsp3) is 0.299. The van der Waals surface area contributed by atoms with Crippen LogP contribution in [0.4, 0.5) is 51.2 Å². The number of hydrogen-bond donors (Lipinski definition) is 0. The van der Waals surface area contributed by atoms with Gasteiger partial charge in [-0.05, 0) is 217 Å². The molecule has 3 amide bonds. The van der Waals surface area contributed by atoms with E-state index in [0.29, 0.717) is 80.0 Å². The number of thiocarbonyl (C=S) groups is 3. The summed E-state index contributed by atoms with van der Waals surface area (Å²) in [5, 5.41) is 1.20. The number of carbonyl (C=O) groups excluding carboxylic acids is 5. The number of rotatable bonds is 13. The van der Waals surface area contributed by atoms with Crippen LogP contribution in [-0.2, 0) is 52.4 Å². The lowest BCUT2D eigenvalue weighted by Gasteiger charge is -2.43. The van der Waals surface area contributed by atoms with Crippen LogP contribution >= 0.6 is 36.7 Å². The van der Waals surface area contributed by atoms with E-state index in [1.165, 1.54) is 16.1 Å². The zero-order valence-electron chi connectivity index (χ0n) is 50.1. The Morgan fingerprint density at radius 1 is 0.506 bits per heavy atom. The summed E-state index contributed by atoms with van der Waals surface area (Å²) >= 11 is 17.1. The molecule has 1 spiro atoms. The van der Waals surface area contributed by atoms with Crippen molar-refractivity contribution in [1.82, 2.24) is 0 Å². The van der Waals surface area contributed by atoms with E-state index < -0.39 is 26.5 Å². The third-order valence-corrected chi connectivity index (χ3v) is 17.8. The lowest BCUT2D eigenvalue weighted by Crippen LogP contribution is -2.55. The summed E-state index contributed by atoms with van der Waals surface area (Å²) in [7, 11) is -3.13. The second kappa shape index (κ2) is 25.2. The van der Waals surface area contributed by atoms with Crippen molar-refractivity contribution in [2.75, 3.05) is 35.7 Å². The lowest BCUT2D eigenvalue weighted by molar-refractivity contribution is -0.124. The summed E-state index contributed by atoms with van der Waals surface area (Å²) in [6, 6.07) is 38.2. The molecule has 0 bridgehead atoms. The largest absolute Gasteiger partial charge is 0.304 e. The van der Waals surface area contributed by atoms with Crippen molar-refractivity contribution >= 4 is 142 Å². The van der Waals surface area contributed by atoms with Crippen LogP contribution in [0.5, 0.6) is 0 Å². The van der Waals surface area contributed by atoms with Crippen LogP contribution < -0.4 is 29.4 Å². The van der Waals surface area contributed by atoms with Crippen LogP contribution in [0.15, 0.2) is 127 Å². The average molecular weight is 1240 g/mol. The van der Waals surface area contributed by atoms with E-state index in [2.05, 4.69) is 14.5 Å². The Morgan fingerprint density at radius 2 is 0.828 bits per heavy atom. The summed E-state index contributed by atoms with van der Waals surface area (Å²) in [5.41, 5.74) is 8.57. The number of carbonyl (C=O) groups is 5. The van der Waals surface area contributed by atoms with Gasteiger partial charge in [-0.15, -0.1) is 0 Å². The van der Waals surface area contributed by atoms with Gasteiger partial charge in [0.05, 0.1) is 25.5 Å². The highest BCUT2D eigenvalue weighted by atomic mass is 32.2. The van der Waals surface area contributed by atoms with Crippen molar-refractivity contribution in [3.8, 4) is 0 Å². The highest BCUT2D eigenvalue weighted by molar-refractivity contribution is 7.89. The highest BCUT2D eigenvalue weighted by Crippen LogP contribution is 2.48. The third-order valence-electron chi connectivity index (χ3n) is 15.9. The van der Waals surface area contributed by atoms with Crippen molar-refractivity contribution in [1.29, 1.82) is 0 Å². The second-order valence-corrected chi connectivity index (χ2v) is 26.3. The SMILES string of the molecule is [C-]#[N+]c1ccc(N2C(=O)C(C)(C)N(c3ccc(CC(C)=O)cc3)C2=S)cc1C.[C-]#[N+]c1ccc(N2C(=O)C(C)(C)N(c3ccc(CS(C)(=O)=O)cc3)C2=S)cc1C.[C-]#[N+]c1ccc(N2C(=O)C3(CCC3)N(c3ccc(CC(=O)CC)cc3)C2=S)cc1C. The molecule has 6 aromatic rings.